The van der Waals surface area contributed by atoms with Gasteiger partial charge in [0.15, 0.2) is 0 Å². The fourth-order valence-corrected chi connectivity index (χ4v) is 2.14. The molecule has 3 N–H and O–H groups in total. The zero-order valence-corrected chi connectivity index (χ0v) is 10.3. The van der Waals surface area contributed by atoms with Gasteiger partial charge in [-0.1, -0.05) is 15.9 Å². The molecule has 0 amide bonds. The second-order valence-corrected chi connectivity index (χ2v) is 4.76. The SMILES string of the molecule is CC1OCCC1Nc1cc(Br)ccc1N. The average Bonchev–Trinajstić information content (AvgIpc) is 2.58. The minimum Gasteiger partial charge on any atom is -0.397 e. The fraction of sp³-hybridized carbons (Fsp3) is 0.455. The molecule has 1 heterocycles. The molecule has 15 heavy (non-hydrogen) atoms. The molecule has 1 aliphatic heterocycles. The van der Waals surface area contributed by atoms with E-state index in [1.165, 1.54) is 0 Å². The highest BCUT2D eigenvalue weighted by atomic mass is 79.9. The quantitative estimate of drug-likeness (QED) is 0.813. The van der Waals surface area contributed by atoms with Gasteiger partial charge in [-0.3, -0.25) is 0 Å². The summed E-state index contributed by atoms with van der Waals surface area (Å²) in [5.41, 5.74) is 7.64. The van der Waals surface area contributed by atoms with Crippen LogP contribution < -0.4 is 11.1 Å². The maximum Gasteiger partial charge on any atom is 0.0748 e. The minimum atomic E-state index is 0.253. The normalized spacial score (nSPS) is 25.5. The van der Waals surface area contributed by atoms with Crippen molar-refractivity contribution >= 4 is 27.3 Å². The molecule has 0 radical (unpaired) electrons. The number of nitrogen functional groups attached to an aromatic ring is 1. The van der Waals surface area contributed by atoms with Crippen LogP contribution in [0.25, 0.3) is 0 Å². The molecule has 2 rings (SSSR count). The highest BCUT2D eigenvalue weighted by molar-refractivity contribution is 9.10. The van der Waals surface area contributed by atoms with Gasteiger partial charge in [0.05, 0.1) is 23.5 Å². The lowest BCUT2D eigenvalue weighted by atomic mass is 10.1. The maximum atomic E-state index is 5.89. The highest BCUT2D eigenvalue weighted by Crippen LogP contribution is 2.26. The van der Waals surface area contributed by atoms with Crippen LogP contribution in [0, 0.1) is 0 Å². The van der Waals surface area contributed by atoms with E-state index in [9.17, 15) is 0 Å². The predicted molar refractivity (Wildman–Crippen MR) is 66.0 cm³/mol. The Morgan fingerprint density at radius 3 is 3.00 bits per heavy atom. The van der Waals surface area contributed by atoms with E-state index in [0.29, 0.717) is 6.04 Å². The number of anilines is 2. The first kappa shape index (κ1) is 10.8. The number of halogens is 1. The Morgan fingerprint density at radius 1 is 1.53 bits per heavy atom. The van der Waals surface area contributed by atoms with Crippen LogP contribution in [0.1, 0.15) is 13.3 Å². The molecule has 1 fully saturated rings. The van der Waals surface area contributed by atoms with Crippen LogP contribution in [-0.2, 0) is 4.74 Å². The molecular weight excluding hydrogens is 256 g/mol. The van der Waals surface area contributed by atoms with Gasteiger partial charge in [0.1, 0.15) is 0 Å². The van der Waals surface area contributed by atoms with Crippen molar-refractivity contribution in [2.75, 3.05) is 17.7 Å². The molecule has 4 heteroatoms. The van der Waals surface area contributed by atoms with Gasteiger partial charge in [0.2, 0.25) is 0 Å². The smallest absolute Gasteiger partial charge is 0.0748 e. The third-order valence-corrected chi connectivity index (χ3v) is 3.23. The lowest BCUT2D eigenvalue weighted by molar-refractivity contribution is 0.121. The van der Waals surface area contributed by atoms with Gasteiger partial charge in [0.25, 0.3) is 0 Å². The zero-order valence-electron chi connectivity index (χ0n) is 8.66. The van der Waals surface area contributed by atoms with Crippen LogP contribution >= 0.6 is 15.9 Å². The summed E-state index contributed by atoms with van der Waals surface area (Å²) in [5, 5.41) is 3.42. The summed E-state index contributed by atoms with van der Waals surface area (Å²) < 4.78 is 6.53. The minimum absolute atomic E-state index is 0.253. The molecule has 1 aromatic rings. The summed E-state index contributed by atoms with van der Waals surface area (Å²) in [6, 6.07) is 6.20. The summed E-state index contributed by atoms with van der Waals surface area (Å²) in [7, 11) is 0. The molecule has 1 aromatic carbocycles. The van der Waals surface area contributed by atoms with Crippen molar-refractivity contribution in [1.82, 2.24) is 0 Å². The van der Waals surface area contributed by atoms with Crippen LogP contribution in [0.3, 0.4) is 0 Å². The van der Waals surface area contributed by atoms with Crippen LogP contribution in [-0.4, -0.2) is 18.8 Å². The Morgan fingerprint density at radius 2 is 2.33 bits per heavy atom. The molecular formula is C11H15BrN2O. The lowest BCUT2D eigenvalue weighted by Crippen LogP contribution is -2.27. The Bertz CT molecular complexity index is 356. The van der Waals surface area contributed by atoms with Gasteiger partial charge < -0.3 is 15.8 Å². The molecule has 1 saturated heterocycles. The summed E-state index contributed by atoms with van der Waals surface area (Å²) in [5.74, 6) is 0. The van der Waals surface area contributed by atoms with Crippen LogP contribution in [0.15, 0.2) is 22.7 Å². The van der Waals surface area contributed by atoms with E-state index in [2.05, 4.69) is 28.2 Å². The van der Waals surface area contributed by atoms with Gasteiger partial charge in [-0.2, -0.15) is 0 Å². The first-order chi connectivity index (χ1) is 7.16. The number of ether oxygens (including phenoxy) is 1. The molecule has 0 aromatic heterocycles. The largest absolute Gasteiger partial charge is 0.397 e. The molecule has 3 nitrogen and oxygen atoms in total. The Hall–Kier alpha value is -0.740. The summed E-state index contributed by atoms with van der Waals surface area (Å²) >= 11 is 3.43. The van der Waals surface area contributed by atoms with Crippen molar-refractivity contribution < 1.29 is 4.74 Å². The predicted octanol–water partition coefficient (Wildman–Crippen LogP) is 2.62. The first-order valence-corrected chi connectivity index (χ1v) is 5.89. The van der Waals surface area contributed by atoms with Gasteiger partial charge >= 0.3 is 0 Å². The Labute approximate surface area is 98.1 Å². The van der Waals surface area contributed by atoms with Gasteiger partial charge in [0, 0.05) is 11.1 Å². The van der Waals surface area contributed by atoms with Crippen molar-refractivity contribution in [2.45, 2.75) is 25.5 Å². The molecule has 0 aliphatic carbocycles. The van der Waals surface area contributed by atoms with E-state index >= 15 is 0 Å². The van der Waals surface area contributed by atoms with Crippen molar-refractivity contribution in [3.63, 3.8) is 0 Å². The van der Waals surface area contributed by atoms with E-state index in [4.69, 9.17) is 10.5 Å². The van der Waals surface area contributed by atoms with Crippen molar-refractivity contribution in [1.29, 1.82) is 0 Å². The van der Waals surface area contributed by atoms with E-state index in [1.54, 1.807) is 0 Å². The Balaban J connectivity index is 2.12. The maximum absolute atomic E-state index is 5.89. The zero-order chi connectivity index (χ0) is 10.8. The second-order valence-electron chi connectivity index (χ2n) is 3.85. The molecule has 1 aliphatic rings. The number of hydrogen-bond acceptors (Lipinski definition) is 3. The van der Waals surface area contributed by atoms with Gasteiger partial charge in [-0.25, -0.2) is 0 Å². The van der Waals surface area contributed by atoms with E-state index in [1.807, 2.05) is 18.2 Å². The lowest BCUT2D eigenvalue weighted by Gasteiger charge is -2.18. The number of benzene rings is 1. The fourth-order valence-electron chi connectivity index (χ4n) is 1.77. The molecule has 2 atom stereocenters. The first-order valence-electron chi connectivity index (χ1n) is 5.10. The topological polar surface area (TPSA) is 47.3 Å². The van der Waals surface area contributed by atoms with Crippen molar-refractivity contribution in [2.24, 2.45) is 0 Å². The van der Waals surface area contributed by atoms with E-state index in [0.717, 1.165) is 28.9 Å². The Kier molecular flexibility index (Phi) is 3.17. The summed E-state index contributed by atoms with van der Waals surface area (Å²) in [6.45, 7) is 2.91. The van der Waals surface area contributed by atoms with E-state index in [-0.39, 0.29) is 6.10 Å². The summed E-state index contributed by atoms with van der Waals surface area (Å²) in [4.78, 5) is 0. The monoisotopic (exact) mass is 270 g/mol. The average molecular weight is 271 g/mol. The van der Waals surface area contributed by atoms with Gasteiger partial charge in [-0.05, 0) is 31.5 Å². The van der Waals surface area contributed by atoms with Crippen LogP contribution in [0.5, 0.6) is 0 Å². The summed E-state index contributed by atoms with van der Waals surface area (Å²) in [6.07, 6.45) is 1.29. The third kappa shape index (κ3) is 2.44. The second kappa shape index (κ2) is 4.41. The standard InChI is InChI=1S/C11H15BrN2O/c1-7-10(4-5-15-7)14-11-6-8(12)2-3-9(11)13/h2-3,6-7,10,14H,4-5,13H2,1H3. The molecule has 2 unspecified atom stereocenters. The number of hydrogen-bond donors (Lipinski definition) is 2. The van der Waals surface area contributed by atoms with Crippen molar-refractivity contribution in [3.05, 3.63) is 22.7 Å². The highest BCUT2D eigenvalue weighted by Gasteiger charge is 2.24. The van der Waals surface area contributed by atoms with Crippen molar-refractivity contribution in [3.8, 4) is 0 Å². The van der Waals surface area contributed by atoms with Crippen LogP contribution in [0.4, 0.5) is 11.4 Å². The molecule has 0 saturated carbocycles. The third-order valence-electron chi connectivity index (χ3n) is 2.73. The van der Waals surface area contributed by atoms with E-state index < -0.39 is 0 Å². The number of nitrogens with one attached hydrogen (secondary N) is 1. The van der Waals surface area contributed by atoms with Crippen LogP contribution in [0.2, 0.25) is 0 Å². The molecule has 82 valence electrons. The number of nitrogens with two attached hydrogens (primary N) is 1. The molecule has 0 bridgehead atoms. The molecule has 0 spiro atoms. The van der Waals surface area contributed by atoms with Gasteiger partial charge in [-0.15, -0.1) is 0 Å². The number of rotatable bonds is 2.